The van der Waals surface area contributed by atoms with Crippen LogP contribution in [0.2, 0.25) is 0 Å². The summed E-state index contributed by atoms with van der Waals surface area (Å²) in [6.07, 6.45) is 0.0499. The molecule has 0 aromatic carbocycles. The Hall–Kier alpha value is -2.38. The Balaban J connectivity index is 2.54. The summed E-state index contributed by atoms with van der Waals surface area (Å²) in [6.45, 7) is 3.51. The van der Waals surface area contributed by atoms with Crippen molar-refractivity contribution in [3.63, 3.8) is 0 Å². The number of carboxylic acids is 1. The first-order valence-corrected chi connectivity index (χ1v) is 6.35. The topological polar surface area (TPSA) is 119 Å². The molecule has 1 aromatic rings. The third-order valence-electron chi connectivity index (χ3n) is 3.02. The van der Waals surface area contributed by atoms with Gasteiger partial charge in [-0.1, -0.05) is 5.16 Å². The van der Waals surface area contributed by atoms with Crippen molar-refractivity contribution in [2.75, 3.05) is 7.11 Å². The molecule has 21 heavy (non-hydrogen) atoms. The van der Waals surface area contributed by atoms with Gasteiger partial charge in [-0.2, -0.15) is 0 Å². The smallest absolute Gasteiger partial charge is 0.326 e. The molecule has 0 saturated carbocycles. The molecule has 0 radical (unpaired) electrons. The zero-order valence-electron chi connectivity index (χ0n) is 12.1. The molecule has 1 rings (SSSR count). The van der Waals surface area contributed by atoms with Gasteiger partial charge in [0.15, 0.2) is 0 Å². The molecule has 1 heterocycles. The van der Waals surface area contributed by atoms with Gasteiger partial charge >= 0.3 is 11.9 Å². The van der Waals surface area contributed by atoms with Crippen molar-refractivity contribution < 1.29 is 28.8 Å². The number of esters is 1. The standard InChI is InChI=1S/C13H18N2O6/c1-7-9(8(2)21-15-7)4-5-11(16)14-10(13(18)19)6-12(17)20-3/h10H,4-6H2,1-3H3,(H,14,16)(H,18,19)/t10-/m0/s1. The second-order valence-corrected chi connectivity index (χ2v) is 4.54. The SMILES string of the molecule is COC(=O)C[C@H](NC(=O)CCc1c(C)noc1C)C(=O)O. The van der Waals surface area contributed by atoms with Crippen molar-refractivity contribution in [1.82, 2.24) is 10.5 Å². The maximum Gasteiger partial charge on any atom is 0.326 e. The number of hydrogen-bond acceptors (Lipinski definition) is 6. The van der Waals surface area contributed by atoms with Crippen LogP contribution in [0.15, 0.2) is 4.52 Å². The highest BCUT2D eigenvalue weighted by Gasteiger charge is 2.23. The molecular formula is C13H18N2O6. The number of carbonyl (C=O) groups excluding carboxylic acids is 2. The van der Waals surface area contributed by atoms with E-state index < -0.39 is 30.3 Å². The quantitative estimate of drug-likeness (QED) is 0.697. The van der Waals surface area contributed by atoms with E-state index in [0.29, 0.717) is 17.9 Å². The van der Waals surface area contributed by atoms with Gasteiger partial charge in [-0.15, -0.1) is 0 Å². The number of hydrogen-bond donors (Lipinski definition) is 2. The van der Waals surface area contributed by atoms with E-state index in [1.807, 2.05) is 0 Å². The average Bonchev–Trinajstić information content (AvgIpc) is 2.74. The lowest BCUT2D eigenvalue weighted by Crippen LogP contribution is -2.42. The maximum absolute atomic E-state index is 11.8. The summed E-state index contributed by atoms with van der Waals surface area (Å²) in [5.41, 5.74) is 1.52. The lowest BCUT2D eigenvalue weighted by molar-refractivity contribution is -0.148. The minimum Gasteiger partial charge on any atom is -0.480 e. The summed E-state index contributed by atoms with van der Waals surface area (Å²) in [4.78, 5) is 33.8. The number of rotatable bonds is 7. The molecule has 0 aliphatic heterocycles. The number of ether oxygens (including phenoxy) is 1. The molecule has 0 aliphatic rings. The van der Waals surface area contributed by atoms with Crippen LogP contribution >= 0.6 is 0 Å². The Morgan fingerprint density at radius 3 is 2.52 bits per heavy atom. The first-order chi connectivity index (χ1) is 9.85. The number of nitrogens with zero attached hydrogens (tertiary/aromatic N) is 1. The van der Waals surface area contributed by atoms with E-state index in [9.17, 15) is 14.4 Å². The minimum atomic E-state index is -1.30. The van der Waals surface area contributed by atoms with Gasteiger partial charge in [0, 0.05) is 12.0 Å². The van der Waals surface area contributed by atoms with Crippen LogP contribution in [0.4, 0.5) is 0 Å². The lowest BCUT2D eigenvalue weighted by Gasteiger charge is -2.13. The summed E-state index contributed by atoms with van der Waals surface area (Å²) < 4.78 is 9.37. The molecule has 1 atom stereocenters. The maximum atomic E-state index is 11.8. The highest BCUT2D eigenvalue weighted by Crippen LogP contribution is 2.14. The highest BCUT2D eigenvalue weighted by atomic mass is 16.5. The number of carbonyl (C=O) groups is 3. The Labute approximate surface area is 121 Å². The van der Waals surface area contributed by atoms with Gasteiger partial charge in [-0.05, 0) is 20.3 Å². The number of amides is 1. The monoisotopic (exact) mass is 298 g/mol. The first kappa shape index (κ1) is 16.7. The molecule has 0 spiro atoms. The molecule has 1 amide bonds. The summed E-state index contributed by atoms with van der Waals surface area (Å²) in [5.74, 6) is -1.82. The van der Waals surface area contributed by atoms with Crippen LogP contribution in [0.25, 0.3) is 0 Å². The molecule has 8 heteroatoms. The second-order valence-electron chi connectivity index (χ2n) is 4.54. The van der Waals surface area contributed by atoms with E-state index in [0.717, 1.165) is 12.7 Å². The summed E-state index contributed by atoms with van der Waals surface area (Å²) in [7, 11) is 1.15. The fraction of sp³-hybridized carbons (Fsp3) is 0.538. The summed E-state index contributed by atoms with van der Waals surface area (Å²) in [6, 6.07) is -1.30. The number of aromatic nitrogens is 1. The van der Waals surface area contributed by atoms with Crippen molar-refractivity contribution in [3.8, 4) is 0 Å². The lowest BCUT2D eigenvalue weighted by atomic mass is 10.1. The van der Waals surface area contributed by atoms with Gasteiger partial charge in [-0.3, -0.25) is 9.59 Å². The van der Waals surface area contributed by atoms with E-state index in [1.54, 1.807) is 13.8 Å². The Bertz CT molecular complexity index is 517. The molecule has 0 saturated heterocycles. The van der Waals surface area contributed by atoms with Gasteiger partial charge in [-0.25, -0.2) is 4.79 Å². The Morgan fingerprint density at radius 2 is 2.05 bits per heavy atom. The molecule has 0 bridgehead atoms. The average molecular weight is 298 g/mol. The molecule has 1 aromatic heterocycles. The summed E-state index contributed by atoms with van der Waals surface area (Å²) in [5, 5.41) is 15.0. The molecule has 0 unspecified atom stereocenters. The molecule has 8 nitrogen and oxygen atoms in total. The van der Waals surface area contributed by atoms with Gasteiger partial charge < -0.3 is 19.7 Å². The van der Waals surface area contributed by atoms with Crippen LogP contribution < -0.4 is 5.32 Å². The largest absolute Gasteiger partial charge is 0.480 e. The van der Waals surface area contributed by atoms with Crippen molar-refractivity contribution in [2.24, 2.45) is 0 Å². The van der Waals surface area contributed by atoms with Crippen LogP contribution in [0.5, 0.6) is 0 Å². The van der Waals surface area contributed by atoms with Crippen LogP contribution in [0.3, 0.4) is 0 Å². The van der Waals surface area contributed by atoms with Crippen molar-refractivity contribution in [1.29, 1.82) is 0 Å². The number of nitrogens with one attached hydrogen (secondary N) is 1. The molecular weight excluding hydrogens is 280 g/mol. The van der Waals surface area contributed by atoms with Gasteiger partial charge in [0.25, 0.3) is 0 Å². The zero-order chi connectivity index (χ0) is 16.0. The minimum absolute atomic E-state index is 0.0772. The van der Waals surface area contributed by atoms with Crippen LogP contribution in [-0.4, -0.2) is 41.3 Å². The second kappa shape index (κ2) is 7.41. The predicted octanol–water partition coefficient (Wildman–Crippen LogP) is 0.357. The predicted molar refractivity (Wildman–Crippen MR) is 70.5 cm³/mol. The van der Waals surface area contributed by atoms with Crippen molar-refractivity contribution in [2.45, 2.75) is 39.2 Å². The van der Waals surface area contributed by atoms with E-state index in [1.165, 1.54) is 0 Å². The zero-order valence-corrected chi connectivity index (χ0v) is 12.1. The van der Waals surface area contributed by atoms with Crippen molar-refractivity contribution >= 4 is 17.8 Å². The third kappa shape index (κ3) is 4.90. The Kier molecular flexibility index (Phi) is 5.89. The van der Waals surface area contributed by atoms with Gasteiger partial charge in [0.2, 0.25) is 5.91 Å². The molecule has 2 N–H and O–H groups in total. The first-order valence-electron chi connectivity index (χ1n) is 6.35. The fourth-order valence-corrected chi connectivity index (χ4v) is 1.81. The number of aryl methyl sites for hydroxylation is 2. The molecule has 0 fully saturated rings. The van der Waals surface area contributed by atoms with Crippen molar-refractivity contribution in [3.05, 3.63) is 17.0 Å². The van der Waals surface area contributed by atoms with Crippen LogP contribution in [-0.2, 0) is 25.5 Å². The molecule has 0 aliphatic carbocycles. The van der Waals surface area contributed by atoms with Gasteiger partial charge in [0.1, 0.15) is 11.8 Å². The van der Waals surface area contributed by atoms with E-state index in [2.05, 4.69) is 15.2 Å². The molecule has 116 valence electrons. The van der Waals surface area contributed by atoms with Gasteiger partial charge in [0.05, 0.1) is 19.2 Å². The number of aliphatic carboxylic acids is 1. The fourth-order valence-electron chi connectivity index (χ4n) is 1.81. The van der Waals surface area contributed by atoms with Crippen LogP contribution in [0, 0.1) is 13.8 Å². The van der Waals surface area contributed by atoms with E-state index in [-0.39, 0.29) is 6.42 Å². The summed E-state index contributed by atoms with van der Waals surface area (Å²) >= 11 is 0. The van der Waals surface area contributed by atoms with Crippen LogP contribution in [0.1, 0.15) is 29.9 Å². The normalized spacial score (nSPS) is 11.8. The Morgan fingerprint density at radius 1 is 1.38 bits per heavy atom. The van der Waals surface area contributed by atoms with E-state index in [4.69, 9.17) is 9.63 Å². The van der Waals surface area contributed by atoms with E-state index >= 15 is 0 Å². The number of carboxylic acid groups (broad SMARTS) is 1. The number of methoxy groups -OCH3 is 1. The third-order valence-corrected chi connectivity index (χ3v) is 3.02. The highest BCUT2D eigenvalue weighted by molar-refractivity contribution is 5.87.